The molecule has 2 amide bonds. The number of aromatic nitrogens is 2. The van der Waals surface area contributed by atoms with E-state index in [-0.39, 0.29) is 36.7 Å². The molecule has 2 N–H and O–H groups in total. The number of nitrogens with zero attached hydrogens (tertiary/aromatic N) is 2. The number of nitrogens with one attached hydrogen (secondary N) is 2. The highest BCUT2D eigenvalue weighted by atomic mass is 16.5. The van der Waals surface area contributed by atoms with Gasteiger partial charge in [-0.1, -0.05) is 24.4 Å². The van der Waals surface area contributed by atoms with Crippen molar-refractivity contribution in [3.8, 4) is 0 Å². The summed E-state index contributed by atoms with van der Waals surface area (Å²) in [4.78, 5) is 28.3. The summed E-state index contributed by atoms with van der Waals surface area (Å²) in [6.45, 7) is 1.44. The quantitative estimate of drug-likeness (QED) is 0.796. The number of hydrogen-bond donors (Lipinski definition) is 2. The molecular formula is C17H26N4O4. The maximum Gasteiger partial charge on any atom is 0.246 e. The maximum atomic E-state index is 12.1. The molecule has 0 radical (unpaired) electrons. The summed E-state index contributed by atoms with van der Waals surface area (Å²) in [6, 6.07) is 0.270. The van der Waals surface area contributed by atoms with Crippen molar-refractivity contribution in [2.24, 2.45) is 5.92 Å². The molecule has 0 spiro atoms. The highest BCUT2D eigenvalue weighted by Crippen LogP contribution is 2.17. The molecule has 1 saturated heterocycles. The number of amides is 2. The van der Waals surface area contributed by atoms with Crippen LogP contribution in [0.25, 0.3) is 0 Å². The molecule has 1 aliphatic carbocycles. The molecule has 8 heteroatoms. The molecule has 2 heterocycles. The van der Waals surface area contributed by atoms with Crippen LogP contribution in [-0.4, -0.2) is 41.2 Å². The molecule has 2 fully saturated rings. The number of carbonyl (C=O) groups excluding carboxylic acids is 2. The van der Waals surface area contributed by atoms with Gasteiger partial charge in [0, 0.05) is 25.2 Å². The number of rotatable bonds is 6. The lowest BCUT2D eigenvalue weighted by atomic mass is 9.95. The number of ether oxygens (including phenoxy) is 1. The third-order valence-electron chi connectivity index (χ3n) is 4.81. The van der Waals surface area contributed by atoms with E-state index < -0.39 is 0 Å². The summed E-state index contributed by atoms with van der Waals surface area (Å²) in [5, 5.41) is 9.66. The zero-order chi connectivity index (χ0) is 17.5. The average Bonchev–Trinajstić information content (AvgIpc) is 3.08. The molecule has 1 aromatic heterocycles. The summed E-state index contributed by atoms with van der Waals surface area (Å²) in [5.41, 5.74) is 0. The van der Waals surface area contributed by atoms with Crippen molar-refractivity contribution in [2.75, 3.05) is 13.2 Å². The molecule has 0 atom stereocenters. The minimum atomic E-state index is -0.0782. The van der Waals surface area contributed by atoms with Crippen molar-refractivity contribution in [3.05, 3.63) is 11.7 Å². The SMILES string of the molecule is O=C(Cc1noc(CNC(=O)C2CCOCC2)n1)NC1CCCCC1. The topological polar surface area (TPSA) is 106 Å². The first-order valence-electron chi connectivity index (χ1n) is 9.17. The average molecular weight is 350 g/mol. The molecule has 2 aliphatic rings. The van der Waals surface area contributed by atoms with E-state index in [1.54, 1.807) is 0 Å². The second kappa shape index (κ2) is 8.94. The van der Waals surface area contributed by atoms with Crippen molar-refractivity contribution < 1.29 is 18.8 Å². The minimum Gasteiger partial charge on any atom is -0.381 e. The fraction of sp³-hybridized carbons (Fsp3) is 0.765. The zero-order valence-corrected chi connectivity index (χ0v) is 14.5. The van der Waals surface area contributed by atoms with Crippen molar-refractivity contribution >= 4 is 11.8 Å². The van der Waals surface area contributed by atoms with Gasteiger partial charge in [0.15, 0.2) is 5.82 Å². The lowest BCUT2D eigenvalue weighted by molar-refractivity contribution is -0.128. The second-order valence-electron chi connectivity index (χ2n) is 6.79. The summed E-state index contributed by atoms with van der Waals surface area (Å²) in [5.74, 6) is 0.561. The van der Waals surface area contributed by atoms with Crippen LogP contribution in [0.15, 0.2) is 4.52 Å². The van der Waals surface area contributed by atoms with E-state index in [0.717, 1.165) is 25.7 Å². The van der Waals surface area contributed by atoms with Crippen LogP contribution >= 0.6 is 0 Å². The predicted molar refractivity (Wildman–Crippen MR) is 88.4 cm³/mol. The van der Waals surface area contributed by atoms with Crippen LogP contribution in [0.5, 0.6) is 0 Å². The van der Waals surface area contributed by atoms with E-state index >= 15 is 0 Å². The van der Waals surface area contributed by atoms with Gasteiger partial charge in [-0.2, -0.15) is 4.98 Å². The third-order valence-corrected chi connectivity index (χ3v) is 4.81. The Labute approximate surface area is 147 Å². The Morgan fingerprint density at radius 1 is 1.08 bits per heavy atom. The molecule has 0 aromatic carbocycles. The summed E-state index contributed by atoms with van der Waals surface area (Å²) in [6.07, 6.45) is 7.26. The molecule has 0 bridgehead atoms. The fourth-order valence-electron chi connectivity index (χ4n) is 3.37. The Balaban J connectivity index is 1.40. The second-order valence-corrected chi connectivity index (χ2v) is 6.79. The molecule has 25 heavy (non-hydrogen) atoms. The van der Waals surface area contributed by atoms with Gasteiger partial charge in [-0.25, -0.2) is 0 Å². The van der Waals surface area contributed by atoms with Crippen LogP contribution in [0, 0.1) is 5.92 Å². The van der Waals surface area contributed by atoms with Crippen molar-refractivity contribution in [1.29, 1.82) is 0 Å². The Hall–Kier alpha value is -1.96. The molecule has 1 saturated carbocycles. The van der Waals surface area contributed by atoms with E-state index in [4.69, 9.17) is 9.26 Å². The van der Waals surface area contributed by atoms with Crippen LogP contribution in [-0.2, 0) is 27.3 Å². The van der Waals surface area contributed by atoms with Crippen molar-refractivity contribution in [1.82, 2.24) is 20.8 Å². The molecule has 1 aliphatic heterocycles. The Morgan fingerprint density at radius 3 is 2.60 bits per heavy atom. The summed E-state index contributed by atoms with van der Waals surface area (Å²) >= 11 is 0. The van der Waals surface area contributed by atoms with Gasteiger partial charge in [-0.05, 0) is 25.7 Å². The van der Waals surface area contributed by atoms with Crippen molar-refractivity contribution in [3.63, 3.8) is 0 Å². The minimum absolute atomic E-state index is 0.0157. The van der Waals surface area contributed by atoms with Gasteiger partial charge in [-0.15, -0.1) is 0 Å². The van der Waals surface area contributed by atoms with Crippen LogP contribution < -0.4 is 10.6 Å². The molecule has 1 aromatic rings. The number of hydrogen-bond acceptors (Lipinski definition) is 6. The summed E-state index contributed by atoms with van der Waals surface area (Å²) in [7, 11) is 0. The van der Waals surface area contributed by atoms with E-state index in [9.17, 15) is 9.59 Å². The molecule has 3 rings (SSSR count). The Bertz CT molecular complexity index is 577. The van der Waals surface area contributed by atoms with E-state index in [0.29, 0.717) is 24.9 Å². The largest absolute Gasteiger partial charge is 0.381 e. The monoisotopic (exact) mass is 350 g/mol. The van der Waals surface area contributed by atoms with Crippen LogP contribution in [0.4, 0.5) is 0 Å². The smallest absolute Gasteiger partial charge is 0.246 e. The highest BCUT2D eigenvalue weighted by molar-refractivity contribution is 5.78. The van der Waals surface area contributed by atoms with Crippen LogP contribution in [0.1, 0.15) is 56.7 Å². The maximum absolute atomic E-state index is 12.1. The van der Waals surface area contributed by atoms with Gasteiger partial charge in [0.1, 0.15) is 0 Å². The first-order chi connectivity index (χ1) is 12.2. The normalized spacial score (nSPS) is 19.5. The molecular weight excluding hydrogens is 324 g/mol. The zero-order valence-electron chi connectivity index (χ0n) is 14.5. The van der Waals surface area contributed by atoms with Crippen LogP contribution in [0.2, 0.25) is 0 Å². The Kier molecular flexibility index (Phi) is 6.38. The predicted octanol–water partition coefficient (Wildman–Crippen LogP) is 1.10. The lowest BCUT2D eigenvalue weighted by Gasteiger charge is -2.22. The lowest BCUT2D eigenvalue weighted by Crippen LogP contribution is -2.37. The van der Waals surface area contributed by atoms with Gasteiger partial charge in [-0.3, -0.25) is 9.59 Å². The van der Waals surface area contributed by atoms with Gasteiger partial charge >= 0.3 is 0 Å². The molecule has 8 nitrogen and oxygen atoms in total. The van der Waals surface area contributed by atoms with E-state index in [1.165, 1.54) is 19.3 Å². The van der Waals surface area contributed by atoms with Crippen LogP contribution in [0.3, 0.4) is 0 Å². The first-order valence-corrected chi connectivity index (χ1v) is 9.17. The van der Waals surface area contributed by atoms with E-state index in [1.807, 2.05) is 0 Å². The van der Waals surface area contributed by atoms with Gasteiger partial charge in [0.25, 0.3) is 0 Å². The molecule has 0 unspecified atom stereocenters. The number of carbonyl (C=O) groups is 2. The van der Waals surface area contributed by atoms with Gasteiger partial charge < -0.3 is 19.9 Å². The fourth-order valence-corrected chi connectivity index (χ4v) is 3.37. The van der Waals surface area contributed by atoms with E-state index in [2.05, 4.69) is 20.8 Å². The standard InChI is InChI=1S/C17H26N4O4/c22-15(19-13-4-2-1-3-5-13)10-14-20-16(25-21-14)11-18-17(23)12-6-8-24-9-7-12/h12-13H,1-11H2,(H,18,23)(H,19,22). The summed E-state index contributed by atoms with van der Waals surface area (Å²) < 4.78 is 10.4. The van der Waals surface area contributed by atoms with Gasteiger partial charge in [0.05, 0.1) is 13.0 Å². The van der Waals surface area contributed by atoms with Crippen molar-refractivity contribution in [2.45, 2.75) is 64.0 Å². The van der Waals surface area contributed by atoms with Gasteiger partial charge in [0.2, 0.25) is 17.7 Å². The Morgan fingerprint density at radius 2 is 1.84 bits per heavy atom. The highest BCUT2D eigenvalue weighted by Gasteiger charge is 2.22. The molecule has 138 valence electrons. The first kappa shape index (κ1) is 17.8. The third kappa shape index (κ3) is 5.52.